The highest BCUT2D eigenvalue weighted by atomic mass is 35.5. The van der Waals surface area contributed by atoms with Gasteiger partial charge in [-0.3, -0.25) is 14.9 Å². The van der Waals surface area contributed by atoms with Crippen LogP contribution in [0.15, 0.2) is 36.4 Å². The fourth-order valence-electron chi connectivity index (χ4n) is 3.49. The third kappa shape index (κ3) is 7.73. The van der Waals surface area contributed by atoms with Crippen molar-refractivity contribution in [3.8, 4) is 0 Å². The second-order valence-corrected chi connectivity index (χ2v) is 10.2. The van der Waals surface area contributed by atoms with Crippen LogP contribution >= 0.6 is 46.6 Å². The third-order valence-electron chi connectivity index (χ3n) is 5.39. The summed E-state index contributed by atoms with van der Waals surface area (Å²) in [6.07, 6.45) is 0.0405. The van der Waals surface area contributed by atoms with Crippen LogP contribution in [0.1, 0.15) is 34.0 Å². The van der Waals surface area contributed by atoms with Gasteiger partial charge in [-0.1, -0.05) is 46.9 Å². The lowest BCUT2D eigenvalue weighted by Crippen LogP contribution is -2.51. The summed E-state index contributed by atoms with van der Waals surface area (Å²) in [5, 5.41) is 28.4. The molecule has 0 aliphatic carbocycles. The Bertz CT molecular complexity index is 1070. The van der Waals surface area contributed by atoms with E-state index < -0.39 is 30.1 Å². The van der Waals surface area contributed by atoms with Gasteiger partial charge in [-0.05, 0) is 48.2 Å². The van der Waals surface area contributed by atoms with E-state index in [9.17, 15) is 24.6 Å². The molecule has 2 amide bonds. The number of amides is 2. The number of carbonyl (C=O) groups is 3. The first-order chi connectivity index (χ1) is 16.7. The summed E-state index contributed by atoms with van der Waals surface area (Å²) in [5.41, 5.74) is 1.31. The molecule has 0 radical (unpaired) electrons. The summed E-state index contributed by atoms with van der Waals surface area (Å²) in [7, 11) is 0. The van der Waals surface area contributed by atoms with E-state index >= 15 is 0 Å². The molecule has 0 saturated carbocycles. The normalized spacial score (nSPS) is 17.0. The first-order valence-corrected chi connectivity index (χ1v) is 13.0. The maximum Gasteiger partial charge on any atom is 0.328 e. The molecule has 1 saturated heterocycles. The highest BCUT2D eigenvalue weighted by Gasteiger charge is 2.27. The van der Waals surface area contributed by atoms with E-state index in [0.717, 1.165) is 0 Å². The molecule has 2 aromatic rings. The van der Waals surface area contributed by atoms with E-state index in [-0.39, 0.29) is 28.1 Å². The lowest BCUT2D eigenvalue weighted by molar-refractivity contribution is -0.139. The Labute approximate surface area is 221 Å². The SMILES string of the molecule is O=C(NC(CNC(=O)C1CSCN1)C(=O)O)c1c(Cl)cc(CCC(O)c2cccc(Cl)c2)cc1Cl. The van der Waals surface area contributed by atoms with Crippen LogP contribution in [0.2, 0.25) is 15.1 Å². The fraction of sp³-hybridized carbons (Fsp3) is 0.348. The average molecular weight is 561 g/mol. The van der Waals surface area contributed by atoms with Gasteiger partial charge in [0.15, 0.2) is 0 Å². The number of rotatable bonds is 10. The number of hydrogen-bond acceptors (Lipinski definition) is 6. The van der Waals surface area contributed by atoms with Gasteiger partial charge in [-0.25, -0.2) is 4.79 Å². The number of nitrogens with one attached hydrogen (secondary N) is 3. The number of aryl methyl sites for hydroxylation is 1. The molecular formula is C23H24Cl3N3O5S. The predicted molar refractivity (Wildman–Crippen MR) is 137 cm³/mol. The number of benzene rings is 2. The Hall–Kier alpha value is -2.01. The summed E-state index contributed by atoms with van der Waals surface area (Å²) in [4.78, 5) is 36.5. The molecule has 12 heteroatoms. The Balaban J connectivity index is 1.62. The van der Waals surface area contributed by atoms with Gasteiger partial charge >= 0.3 is 5.97 Å². The number of aliphatic carboxylic acids is 1. The van der Waals surface area contributed by atoms with Gasteiger partial charge in [0.05, 0.1) is 27.8 Å². The Kier molecular flexibility index (Phi) is 10.1. The highest BCUT2D eigenvalue weighted by Crippen LogP contribution is 2.29. The number of aliphatic hydroxyl groups is 1. The molecule has 0 bridgehead atoms. The average Bonchev–Trinajstić information content (AvgIpc) is 3.34. The molecule has 3 unspecified atom stereocenters. The molecule has 2 aromatic carbocycles. The Morgan fingerprint density at radius 3 is 2.46 bits per heavy atom. The second kappa shape index (κ2) is 12.8. The largest absolute Gasteiger partial charge is 0.480 e. The summed E-state index contributed by atoms with van der Waals surface area (Å²) >= 11 is 20.1. The molecule has 3 rings (SSSR count). The molecule has 1 aliphatic rings. The van der Waals surface area contributed by atoms with Crippen LogP contribution in [-0.4, -0.2) is 58.3 Å². The lowest BCUT2D eigenvalue weighted by atomic mass is 10.0. The minimum Gasteiger partial charge on any atom is -0.480 e. The minimum absolute atomic E-state index is 0.0441. The van der Waals surface area contributed by atoms with Gasteiger partial charge in [0.25, 0.3) is 5.91 Å². The van der Waals surface area contributed by atoms with E-state index in [0.29, 0.717) is 40.6 Å². The standard InChI is InChI=1S/C23H24Cl3N3O5S/c24-14-3-1-2-13(8-14)19(30)5-4-12-6-15(25)20(16(26)7-12)22(32)29-17(23(33)34)9-27-21(31)18-10-35-11-28-18/h1-3,6-8,17-19,28,30H,4-5,9-11H2,(H,27,31)(H,29,32)(H,33,34). The van der Waals surface area contributed by atoms with E-state index in [1.54, 1.807) is 48.2 Å². The predicted octanol–water partition coefficient (Wildman–Crippen LogP) is 3.27. The van der Waals surface area contributed by atoms with Crippen LogP contribution < -0.4 is 16.0 Å². The molecule has 35 heavy (non-hydrogen) atoms. The van der Waals surface area contributed by atoms with Gasteiger partial charge < -0.3 is 20.8 Å². The molecule has 0 aromatic heterocycles. The van der Waals surface area contributed by atoms with E-state index in [1.165, 1.54) is 0 Å². The molecule has 1 fully saturated rings. The highest BCUT2D eigenvalue weighted by molar-refractivity contribution is 7.99. The minimum atomic E-state index is -1.37. The quantitative estimate of drug-likeness (QED) is 0.302. The number of hydrogen-bond donors (Lipinski definition) is 5. The zero-order valence-corrected chi connectivity index (χ0v) is 21.5. The van der Waals surface area contributed by atoms with Crippen molar-refractivity contribution in [1.82, 2.24) is 16.0 Å². The van der Waals surface area contributed by atoms with Gasteiger partial charge in [0.1, 0.15) is 6.04 Å². The zero-order chi connectivity index (χ0) is 25.5. The first-order valence-electron chi connectivity index (χ1n) is 10.7. The zero-order valence-electron chi connectivity index (χ0n) is 18.4. The van der Waals surface area contributed by atoms with Crippen LogP contribution in [0.4, 0.5) is 0 Å². The Morgan fingerprint density at radius 1 is 1.14 bits per heavy atom. The molecule has 8 nitrogen and oxygen atoms in total. The number of carboxylic acids is 1. The summed E-state index contributed by atoms with van der Waals surface area (Å²) < 4.78 is 0. The molecule has 0 spiro atoms. The van der Waals surface area contributed by atoms with Crippen LogP contribution in [0.3, 0.4) is 0 Å². The van der Waals surface area contributed by atoms with Gasteiger partial charge in [0.2, 0.25) is 5.91 Å². The molecule has 188 valence electrons. The second-order valence-electron chi connectivity index (χ2n) is 7.93. The maximum absolute atomic E-state index is 12.8. The summed E-state index contributed by atoms with van der Waals surface area (Å²) in [6.45, 7) is -0.294. The monoisotopic (exact) mass is 559 g/mol. The van der Waals surface area contributed by atoms with Crippen molar-refractivity contribution in [3.63, 3.8) is 0 Å². The topological polar surface area (TPSA) is 128 Å². The van der Waals surface area contributed by atoms with Gasteiger partial charge in [-0.15, -0.1) is 11.8 Å². The van der Waals surface area contributed by atoms with Gasteiger partial charge in [0, 0.05) is 23.2 Å². The van der Waals surface area contributed by atoms with E-state index in [4.69, 9.17) is 34.8 Å². The van der Waals surface area contributed by atoms with E-state index in [2.05, 4.69) is 16.0 Å². The van der Waals surface area contributed by atoms with Crippen molar-refractivity contribution >= 4 is 64.3 Å². The van der Waals surface area contributed by atoms with Crippen molar-refractivity contribution in [2.24, 2.45) is 0 Å². The maximum atomic E-state index is 12.8. The smallest absolute Gasteiger partial charge is 0.328 e. The van der Waals surface area contributed by atoms with Crippen molar-refractivity contribution in [2.75, 3.05) is 18.2 Å². The summed E-state index contributed by atoms with van der Waals surface area (Å²) in [6, 6.07) is 8.25. The number of halogens is 3. The van der Waals surface area contributed by atoms with Crippen LogP contribution in [-0.2, 0) is 16.0 Å². The van der Waals surface area contributed by atoms with Crippen LogP contribution in [0, 0.1) is 0 Å². The fourth-order valence-corrected chi connectivity index (χ4v) is 5.34. The summed E-state index contributed by atoms with van der Waals surface area (Å²) in [5.74, 6) is -1.20. The van der Waals surface area contributed by atoms with Crippen LogP contribution in [0.25, 0.3) is 0 Å². The van der Waals surface area contributed by atoms with Crippen molar-refractivity contribution in [1.29, 1.82) is 0 Å². The van der Waals surface area contributed by atoms with E-state index in [1.807, 2.05) is 0 Å². The molecule has 1 aliphatic heterocycles. The van der Waals surface area contributed by atoms with Crippen molar-refractivity contribution in [2.45, 2.75) is 31.0 Å². The number of carbonyl (C=O) groups excluding carboxylic acids is 2. The lowest BCUT2D eigenvalue weighted by Gasteiger charge is -2.18. The molecule has 1 heterocycles. The molecule has 5 N–H and O–H groups in total. The first kappa shape index (κ1) is 27.6. The third-order valence-corrected chi connectivity index (χ3v) is 7.16. The number of carboxylic acid groups (broad SMARTS) is 1. The van der Waals surface area contributed by atoms with Crippen LogP contribution in [0.5, 0.6) is 0 Å². The van der Waals surface area contributed by atoms with Gasteiger partial charge in [-0.2, -0.15) is 0 Å². The molecule has 3 atom stereocenters. The van der Waals surface area contributed by atoms with Crippen molar-refractivity contribution in [3.05, 3.63) is 68.2 Å². The number of thioether (sulfide) groups is 1. The van der Waals surface area contributed by atoms with Crippen molar-refractivity contribution < 1.29 is 24.6 Å². The molecular weight excluding hydrogens is 537 g/mol. The number of aliphatic hydroxyl groups excluding tert-OH is 1. The Morgan fingerprint density at radius 2 is 1.86 bits per heavy atom.